The fourth-order valence-corrected chi connectivity index (χ4v) is 4.40. The minimum atomic E-state index is -0.0570. The molecular weight excluding hydrogens is 212 g/mol. The van der Waals surface area contributed by atoms with Gasteiger partial charge in [0.1, 0.15) is 11.9 Å². The highest BCUT2D eigenvalue weighted by Crippen LogP contribution is 2.59. The summed E-state index contributed by atoms with van der Waals surface area (Å²) >= 11 is 0. The molecule has 0 spiro atoms. The molecule has 0 aromatic heterocycles. The molecule has 2 heteroatoms. The van der Waals surface area contributed by atoms with Gasteiger partial charge in [-0.25, -0.2) is 0 Å². The second-order valence-electron chi connectivity index (χ2n) is 6.21. The fourth-order valence-electron chi connectivity index (χ4n) is 4.40. The van der Waals surface area contributed by atoms with Crippen LogP contribution in [0.4, 0.5) is 0 Å². The number of allylic oxidation sites excluding steroid dienone is 1. The molecule has 6 unspecified atom stereocenters. The second kappa shape index (κ2) is 3.88. The average Bonchev–Trinajstić information content (AvgIpc) is 2.87. The zero-order chi connectivity index (χ0) is 12.2. The number of ether oxygens (including phenoxy) is 1. The Balaban J connectivity index is 1.68. The van der Waals surface area contributed by atoms with Gasteiger partial charge in [-0.2, -0.15) is 0 Å². The number of aliphatic hydroxyl groups excluding tert-OH is 1. The van der Waals surface area contributed by atoms with E-state index in [-0.39, 0.29) is 6.10 Å². The predicted molar refractivity (Wildman–Crippen MR) is 67.3 cm³/mol. The zero-order valence-electron chi connectivity index (χ0n) is 10.6. The Labute approximate surface area is 103 Å². The molecule has 6 atom stereocenters. The third-order valence-electron chi connectivity index (χ3n) is 5.15. The third kappa shape index (κ3) is 1.74. The van der Waals surface area contributed by atoms with Crippen molar-refractivity contribution in [3.63, 3.8) is 0 Å². The van der Waals surface area contributed by atoms with Crippen LogP contribution in [0.1, 0.15) is 32.6 Å². The maximum Gasteiger partial charge on any atom is 0.114 e. The van der Waals surface area contributed by atoms with Crippen molar-refractivity contribution >= 4 is 0 Å². The average molecular weight is 234 g/mol. The molecule has 3 saturated carbocycles. The minimum Gasteiger partial charge on any atom is -0.490 e. The number of hydrogen-bond donors (Lipinski definition) is 1. The molecule has 0 amide bonds. The van der Waals surface area contributed by atoms with Gasteiger partial charge in [0.25, 0.3) is 0 Å². The highest BCUT2D eigenvalue weighted by atomic mass is 16.5. The monoisotopic (exact) mass is 234 g/mol. The Morgan fingerprint density at radius 1 is 1.06 bits per heavy atom. The largest absolute Gasteiger partial charge is 0.490 e. The lowest BCUT2D eigenvalue weighted by atomic mass is 9.80. The van der Waals surface area contributed by atoms with Crippen LogP contribution in [0, 0.1) is 23.7 Å². The number of rotatable bonds is 3. The van der Waals surface area contributed by atoms with Crippen LogP contribution < -0.4 is 0 Å². The van der Waals surface area contributed by atoms with Gasteiger partial charge in [0, 0.05) is 0 Å². The summed E-state index contributed by atoms with van der Waals surface area (Å²) in [5.74, 6) is 3.65. The van der Waals surface area contributed by atoms with Crippen molar-refractivity contribution in [1.82, 2.24) is 0 Å². The first-order chi connectivity index (χ1) is 8.06. The van der Waals surface area contributed by atoms with E-state index in [0.29, 0.717) is 17.9 Å². The summed E-state index contributed by atoms with van der Waals surface area (Å²) in [5.41, 5.74) is 0.927. The minimum absolute atomic E-state index is 0.0570. The molecule has 3 rings (SSSR count). The first-order valence-electron chi connectivity index (χ1n) is 6.75. The van der Waals surface area contributed by atoms with Crippen molar-refractivity contribution in [3.8, 4) is 0 Å². The van der Waals surface area contributed by atoms with E-state index in [0.717, 1.165) is 42.4 Å². The zero-order valence-corrected chi connectivity index (χ0v) is 10.6. The Morgan fingerprint density at radius 2 is 1.76 bits per heavy atom. The molecule has 0 heterocycles. The van der Waals surface area contributed by atoms with Crippen LogP contribution in [0.2, 0.25) is 0 Å². The number of fused-ring (bicyclic) bond motifs is 5. The molecule has 3 fully saturated rings. The van der Waals surface area contributed by atoms with Crippen LogP contribution in [0.5, 0.6) is 0 Å². The van der Waals surface area contributed by atoms with Crippen molar-refractivity contribution in [2.75, 3.05) is 0 Å². The summed E-state index contributed by atoms with van der Waals surface area (Å²) in [5, 5.41) is 9.78. The van der Waals surface area contributed by atoms with Gasteiger partial charge in [0.2, 0.25) is 0 Å². The van der Waals surface area contributed by atoms with Gasteiger partial charge in [-0.1, -0.05) is 13.2 Å². The second-order valence-corrected chi connectivity index (χ2v) is 6.21. The highest BCUT2D eigenvalue weighted by molar-refractivity contribution is 5.17. The standard InChI is InChI=1S/C15H22O2/c1-8(2)9(3)17-15-5-10-4-14(15)13-7-11(16)6-12(10)13/h10-16H,1,3-7H2,2H3. The molecule has 0 radical (unpaired) electrons. The maximum atomic E-state index is 9.78. The van der Waals surface area contributed by atoms with Gasteiger partial charge in [-0.3, -0.25) is 0 Å². The maximum absolute atomic E-state index is 9.78. The number of aliphatic hydroxyl groups is 1. The van der Waals surface area contributed by atoms with E-state index in [1.807, 2.05) is 6.92 Å². The van der Waals surface area contributed by atoms with Gasteiger partial charge >= 0.3 is 0 Å². The van der Waals surface area contributed by atoms with E-state index < -0.39 is 0 Å². The van der Waals surface area contributed by atoms with Crippen LogP contribution in [0.3, 0.4) is 0 Å². The van der Waals surface area contributed by atoms with Crippen LogP contribution >= 0.6 is 0 Å². The van der Waals surface area contributed by atoms with E-state index in [9.17, 15) is 5.11 Å². The van der Waals surface area contributed by atoms with Gasteiger partial charge < -0.3 is 9.84 Å². The van der Waals surface area contributed by atoms with Gasteiger partial charge in [0.05, 0.1) is 6.10 Å². The summed E-state index contributed by atoms with van der Waals surface area (Å²) in [6, 6.07) is 0. The van der Waals surface area contributed by atoms with Crippen molar-refractivity contribution in [1.29, 1.82) is 0 Å². The SMILES string of the molecule is C=C(C)C(=C)OC1CC2CC1C1CC(O)CC21. The van der Waals surface area contributed by atoms with Crippen molar-refractivity contribution in [3.05, 3.63) is 24.5 Å². The molecule has 0 aliphatic heterocycles. The smallest absolute Gasteiger partial charge is 0.114 e. The van der Waals surface area contributed by atoms with E-state index in [4.69, 9.17) is 4.74 Å². The predicted octanol–water partition coefficient (Wildman–Crippen LogP) is 2.89. The van der Waals surface area contributed by atoms with E-state index in [1.54, 1.807) is 0 Å². The van der Waals surface area contributed by atoms with E-state index >= 15 is 0 Å². The molecule has 3 aliphatic carbocycles. The van der Waals surface area contributed by atoms with Crippen molar-refractivity contribution in [2.45, 2.75) is 44.8 Å². The Hall–Kier alpha value is -0.760. The van der Waals surface area contributed by atoms with E-state index in [2.05, 4.69) is 13.2 Å². The molecule has 0 saturated heterocycles. The molecular formula is C15H22O2. The van der Waals surface area contributed by atoms with Crippen LogP contribution in [0.15, 0.2) is 24.5 Å². The molecule has 0 aromatic rings. The Bertz CT molecular complexity index is 360. The van der Waals surface area contributed by atoms with Gasteiger partial charge in [-0.05, 0) is 61.9 Å². The summed E-state index contributed by atoms with van der Waals surface area (Å²) < 4.78 is 5.97. The Kier molecular flexibility index (Phi) is 2.58. The molecule has 2 bridgehead atoms. The summed E-state index contributed by atoms with van der Waals surface area (Å²) in [6.07, 6.45) is 4.75. The third-order valence-corrected chi connectivity index (χ3v) is 5.15. The first-order valence-corrected chi connectivity index (χ1v) is 6.75. The summed E-state index contributed by atoms with van der Waals surface area (Å²) in [6.45, 7) is 9.75. The molecule has 94 valence electrons. The molecule has 2 nitrogen and oxygen atoms in total. The Morgan fingerprint density at radius 3 is 2.47 bits per heavy atom. The quantitative estimate of drug-likeness (QED) is 0.601. The normalized spacial score (nSPS) is 46.9. The molecule has 1 N–H and O–H groups in total. The highest BCUT2D eigenvalue weighted by Gasteiger charge is 2.56. The van der Waals surface area contributed by atoms with Crippen molar-refractivity contribution in [2.24, 2.45) is 23.7 Å². The van der Waals surface area contributed by atoms with Gasteiger partial charge in [0.15, 0.2) is 0 Å². The lowest BCUT2D eigenvalue weighted by Crippen LogP contribution is -2.30. The lowest BCUT2D eigenvalue weighted by Gasteiger charge is -2.32. The lowest BCUT2D eigenvalue weighted by molar-refractivity contribution is 0.0354. The van der Waals surface area contributed by atoms with Crippen LogP contribution in [-0.2, 0) is 4.74 Å². The first kappa shape index (κ1) is 11.3. The van der Waals surface area contributed by atoms with Gasteiger partial charge in [-0.15, -0.1) is 0 Å². The molecule has 3 aliphatic rings. The summed E-state index contributed by atoms with van der Waals surface area (Å²) in [4.78, 5) is 0. The van der Waals surface area contributed by atoms with Crippen molar-refractivity contribution < 1.29 is 9.84 Å². The summed E-state index contributed by atoms with van der Waals surface area (Å²) in [7, 11) is 0. The fraction of sp³-hybridized carbons (Fsp3) is 0.733. The van der Waals surface area contributed by atoms with E-state index in [1.165, 1.54) is 6.42 Å². The van der Waals surface area contributed by atoms with Crippen LogP contribution in [-0.4, -0.2) is 17.3 Å². The number of hydrogen-bond acceptors (Lipinski definition) is 2. The molecule has 0 aromatic carbocycles. The molecule has 17 heavy (non-hydrogen) atoms. The van der Waals surface area contributed by atoms with Crippen LogP contribution in [0.25, 0.3) is 0 Å². The topological polar surface area (TPSA) is 29.5 Å².